The maximum atomic E-state index is 11.3. The van der Waals surface area contributed by atoms with Gasteiger partial charge in [0.2, 0.25) is 0 Å². The van der Waals surface area contributed by atoms with Crippen LogP contribution in [0, 0.1) is 0 Å². The van der Waals surface area contributed by atoms with Gasteiger partial charge in [-0.15, -0.1) is 11.6 Å². The third kappa shape index (κ3) is 3.36. The third-order valence-electron chi connectivity index (χ3n) is 3.90. The van der Waals surface area contributed by atoms with Gasteiger partial charge in [-0.1, -0.05) is 30.3 Å². The number of carboxylic acid groups (broad SMARTS) is 1. The van der Waals surface area contributed by atoms with Crippen molar-refractivity contribution in [3.05, 3.63) is 42.0 Å². The highest BCUT2D eigenvalue weighted by atomic mass is 35.5. The number of nitrogens with one attached hydrogen (secondary N) is 1. The Hall–Kier alpha value is -2.80. The maximum absolute atomic E-state index is 11.3. The SMILES string of the molecule is C[C@@H]1Nc2cc(N(CCCl)C(=O)[O-])nc(N)c2N=C1c1ccccc1. The van der Waals surface area contributed by atoms with Gasteiger partial charge in [-0.3, -0.25) is 0 Å². The number of rotatable bonds is 4. The summed E-state index contributed by atoms with van der Waals surface area (Å²) in [6.07, 6.45) is -1.38. The molecule has 0 spiro atoms. The second-order valence-corrected chi connectivity index (χ2v) is 5.98. The molecule has 0 unspecified atom stereocenters. The largest absolute Gasteiger partial charge is 0.530 e. The minimum Gasteiger partial charge on any atom is -0.530 e. The van der Waals surface area contributed by atoms with E-state index in [4.69, 9.17) is 17.3 Å². The average Bonchev–Trinajstić information content (AvgIpc) is 2.59. The van der Waals surface area contributed by atoms with Crippen LogP contribution in [0.1, 0.15) is 12.5 Å². The fraction of sp³-hybridized carbons (Fsp3) is 0.235. The highest BCUT2D eigenvalue weighted by Crippen LogP contribution is 2.38. The Balaban J connectivity index is 2.05. The molecular weight excluding hydrogens is 342 g/mol. The van der Waals surface area contributed by atoms with Crippen LogP contribution in [0.4, 0.5) is 27.8 Å². The zero-order valence-corrected chi connectivity index (χ0v) is 14.3. The zero-order chi connectivity index (χ0) is 18.0. The van der Waals surface area contributed by atoms with Crippen LogP contribution in [0.15, 0.2) is 41.4 Å². The van der Waals surface area contributed by atoms with E-state index in [1.165, 1.54) is 0 Å². The number of nitrogens with zero attached hydrogens (tertiary/aromatic N) is 3. The van der Waals surface area contributed by atoms with Gasteiger partial charge in [0.1, 0.15) is 17.6 Å². The summed E-state index contributed by atoms with van der Waals surface area (Å²) >= 11 is 5.65. The summed E-state index contributed by atoms with van der Waals surface area (Å²) < 4.78 is 0. The van der Waals surface area contributed by atoms with E-state index in [2.05, 4.69) is 15.3 Å². The fourth-order valence-corrected chi connectivity index (χ4v) is 2.91. The zero-order valence-electron chi connectivity index (χ0n) is 13.6. The van der Waals surface area contributed by atoms with Gasteiger partial charge in [0, 0.05) is 18.5 Å². The second-order valence-electron chi connectivity index (χ2n) is 5.60. The molecule has 130 valence electrons. The van der Waals surface area contributed by atoms with Gasteiger partial charge < -0.3 is 25.9 Å². The van der Waals surface area contributed by atoms with Gasteiger partial charge in [0.05, 0.1) is 17.4 Å². The molecule has 25 heavy (non-hydrogen) atoms. The number of halogens is 1. The lowest BCUT2D eigenvalue weighted by Gasteiger charge is -2.28. The summed E-state index contributed by atoms with van der Waals surface area (Å²) in [7, 11) is 0. The van der Waals surface area contributed by atoms with E-state index in [9.17, 15) is 9.90 Å². The first-order valence-electron chi connectivity index (χ1n) is 7.76. The third-order valence-corrected chi connectivity index (χ3v) is 4.06. The number of hydrogen-bond acceptors (Lipinski definition) is 6. The minimum absolute atomic E-state index is 0.0587. The van der Waals surface area contributed by atoms with Gasteiger partial charge in [0.25, 0.3) is 0 Å². The molecule has 2 aromatic rings. The number of benzene rings is 1. The number of amides is 1. The highest BCUT2D eigenvalue weighted by Gasteiger charge is 2.24. The van der Waals surface area contributed by atoms with Crippen LogP contribution in [0.2, 0.25) is 0 Å². The smallest absolute Gasteiger partial charge is 0.153 e. The molecule has 8 heteroatoms. The minimum atomic E-state index is -1.38. The first kappa shape index (κ1) is 17.0. The number of alkyl halides is 1. The van der Waals surface area contributed by atoms with Crippen LogP contribution in [0.3, 0.4) is 0 Å². The molecule has 0 fully saturated rings. The lowest BCUT2D eigenvalue weighted by molar-refractivity contribution is -0.246. The maximum Gasteiger partial charge on any atom is 0.153 e. The number of nitrogen functional groups attached to an aromatic ring is 1. The van der Waals surface area contributed by atoms with Crippen LogP contribution in [0.25, 0.3) is 0 Å². The van der Waals surface area contributed by atoms with Crippen LogP contribution < -0.4 is 21.1 Å². The first-order chi connectivity index (χ1) is 12.0. The molecule has 1 aromatic heterocycles. The molecule has 0 bridgehead atoms. The van der Waals surface area contributed by atoms with E-state index in [-0.39, 0.29) is 30.1 Å². The van der Waals surface area contributed by atoms with Gasteiger partial charge in [0.15, 0.2) is 5.82 Å². The van der Waals surface area contributed by atoms with E-state index in [1.807, 2.05) is 37.3 Å². The molecule has 1 atom stereocenters. The molecule has 2 heterocycles. The monoisotopic (exact) mass is 358 g/mol. The standard InChI is InChI=1S/C17H18ClN5O2/c1-10-14(11-5-3-2-4-6-11)22-15-12(20-10)9-13(21-16(15)19)23(8-7-18)17(24)25/h2-6,9-10,20H,7-8H2,1H3,(H2,19,21)(H,24,25)/p-1/t10-/m0/s1. The lowest BCUT2D eigenvalue weighted by atomic mass is 10.0. The second kappa shape index (κ2) is 6.98. The normalized spacial score (nSPS) is 15.8. The number of carbonyl (C=O) groups is 1. The van der Waals surface area contributed by atoms with Crippen molar-refractivity contribution in [3.63, 3.8) is 0 Å². The lowest BCUT2D eigenvalue weighted by Crippen LogP contribution is -2.43. The summed E-state index contributed by atoms with van der Waals surface area (Å²) in [6, 6.07) is 11.3. The summed E-state index contributed by atoms with van der Waals surface area (Å²) in [5.41, 5.74) is 8.96. The number of aliphatic imine (C=N–C) groups is 1. The summed E-state index contributed by atoms with van der Waals surface area (Å²) in [4.78, 5) is 21.1. The van der Waals surface area contributed by atoms with E-state index in [1.54, 1.807) is 6.07 Å². The summed E-state index contributed by atoms with van der Waals surface area (Å²) in [5, 5.41) is 14.6. The molecule has 1 aliphatic heterocycles. The topological polar surface area (TPSA) is 107 Å². The number of fused-ring (bicyclic) bond motifs is 1. The van der Waals surface area contributed by atoms with E-state index < -0.39 is 6.09 Å². The molecule has 1 amide bonds. The number of carbonyl (C=O) groups excluding carboxylic acids is 1. The molecule has 0 saturated carbocycles. The van der Waals surface area contributed by atoms with Crippen LogP contribution in [-0.4, -0.2) is 35.3 Å². The van der Waals surface area contributed by atoms with Gasteiger partial charge in [-0.25, -0.2) is 9.98 Å². The summed E-state index contributed by atoms with van der Waals surface area (Å²) in [5.74, 6) is 0.420. The van der Waals surface area contributed by atoms with Crippen LogP contribution >= 0.6 is 11.6 Å². The Labute approximate surface area is 150 Å². The molecule has 1 aromatic carbocycles. The molecular formula is C17H17ClN5O2-. The van der Waals surface area contributed by atoms with Crippen molar-refractivity contribution in [1.29, 1.82) is 0 Å². The number of pyridine rings is 1. The van der Waals surface area contributed by atoms with Gasteiger partial charge >= 0.3 is 0 Å². The number of aromatic nitrogens is 1. The Kier molecular flexibility index (Phi) is 4.76. The van der Waals surface area contributed by atoms with Crippen molar-refractivity contribution in [2.24, 2.45) is 4.99 Å². The molecule has 0 saturated heterocycles. The van der Waals surface area contributed by atoms with Crippen molar-refractivity contribution in [2.75, 3.05) is 28.4 Å². The molecule has 1 aliphatic rings. The van der Waals surface area contributed by atoms with Crippen molar-refractivity contribution in [2.45, 2.75) is 13.0 Å². The fourth-order valence-electron chi connectivity index (χ4n) is 2.74. The Bertz CT molecular complexity index is 825. The predicted octanol–water partition coefficient (Wildman–Crippen LogP) is 1.99. The molecule has 0 aliphatic carbocycles. The van der Waals surface area contributed by atoms with Crippen molar-refractivity contribution < 1.29 is 9.90 Å². The van der Waals surface area contributed by atoms with E-state index >= 15 is 0 Å². The number of nitrogens with two attached hydrogens (primary N) is 1. The first-order valence-corrected chi connectivity index (χ1v) is 8.30. The van der Waals surface area contributed by atoms with Crippen molar-refractivity contribution in [1.82, 2.24) is 4.98 Å². The Morgan fingerprint density at radius 2 is 2.12 bits per heavy atom. The average molecular weight is 359 g/mol. The molecule has 3 rings (SSSR count). The number of hydrogen-bond donors (Lipinski definition) is 2. The molecule has 0 radical (unpaired) electrons. The van der Waals surface area contributed by atoms with E-state index in [0.717, 1.165) is 16.2 Å². The molecule has 3 N–H and O–H groups in total. The van der Waals surface area contributed by atoms with Gasteiger partial charge in [-0.05, 0) is 12.5 Å². The predicted molar refractivity (Wildman–Crippen MR) is 97.8 cm³/mol. The Morgan fingerprint density at radius 3 is 2.76 bits per heavy atom. The quantitative estimate of drug-likeness (QED) is 0.813. The van der Waals surface area contributed by atoms with Crippen LogP contribution in [-0.2, 0) is 0 Å². The van der Waals surface area contributed by atoms with E-state index in [0.29, 0.717) is 11.4 Å². The molecule has 7 nitrogen and oxygen atoms in total. The van der Waals surface area contributed by atoms with Gasteiger partial charge in [-0.2, -0.15) is 0 Å². The Morgan fingerprint density at radius 1 is 1.40 bits per heavy atom. The van der Waals surface area contributed by atoms with Crippen LogP contribution in [0.5, 0.6) is 0 Å². The highest BCUT2D eigenvalue weighted by molar-refractivity contribution is 6.18. The number of anilines is 3. The van der Waals surface area contributed by atoms with Crippen molar-refractivity contribution in [3.8, 4) is 0 Å². The van der Waals surface area contributed by atoms with Crippen molar-refractivity contribution >= 4 is 46.4 Å². The summed E-state index contributed by atoms with van der Waals surface area (Å²) in [6.45, 7) is 2.03.